The first-order valence-corrected chi connectivity index (χ1v) is 9.54. The lowest BCUT2D eigenvalue weighted by molar-refractivity contribution is 0.190. The van der Waals surface area contributed by atoms with E-state index in [0.29, 0.717) is 12.6 Å². The average molecular weight is 336 g/mol. The Morgan fingerprint density at radius 3 is 2.60 bits per heavy atom. The van der Waals surface area contributed by atoms with Crippen molar-refractivity contribution in [3.63, 3.8) is 0 Å². The number of rotatable bonds is 7. The molecule has 1 saturated heterocycles. The number of piperidine rings is 1. The fraction of sp³-hybridized carbons (Fsp3) is 0.455. The summed E-state index contributed by atoms with van der Waals surface area (Å²) < 4.78 is 6.03. The van der Waals surface area contributed by atoms with Gasteiger partial charge in [0.1, 0.15) is 12.4 Å². The van der Waals surface area contributed by atoms with Crippen LogP contribution in [0.2, 0.25) is 0 Å². The molecule has 1 heterocycles. The molecular weight excluding hydrogens is 308 g/mol. The standard InChI is InChI=1S/C22H28N2O/c1-17(15-23-19-11-13-24(14-12-19)20-9-10-20)16-25-22-8-4-6-18-5-2-3-7-21(18)22/h2-8,19-20,23H,1,9-16H2. The van der Waals surface area contributed by atoms with Crippen molar-refractivity contribution in [2.24, 2.45) is 0 Å². The van der Waals surface area contributed by atoms with Crippen LogP contribution in [0.15, 0.2) is 54.6 Å². The molecule has 1 aliphatic carbocycles. The molecule has 25 heavy (non-hydrogen) atoms. The van der Waals surface area contributed by atoms with Crippen molar-refractivity contribution in [1.29, 1.82) is 0 Å². The number of fused-ring (bicyclic) bond motifs is 1. The summed E-state index contributed by atoms with van der Waals surface area (Å²) in [5, 5.41) is 6.05. The fourth-order valence-corrected chi connectivity index (χ4v) is 3.75. The van der Waals surface area contributed by atoms with E-state index < -0.39 is 0 Å². The molecule has 0 bridgehead atoms. The van der Waals surface area contributed by atoms with Crippen LogP contribution in [0.4, 0.5) is 0 Å². The second-order valence-electron chi connectivity index (χ2n) is 7.44. The SMILES string of the molecule is C=C(CNC1CCN(C2CC2)CC1)COc1cccc2ccccc12. The summed E-state index contributed by atoms with van der Waals surface area (Å²) in [4.78, 5) is 2.66. The van der Waals surface area contributed by atoms with Crippen molar-refractivity contribution in [2.45, 2.75) is 37.8 Å². The quantitative estimate of drug-likeness (QED) is 0.774. The van der Waals surface area contributed by atoms with Crippen LogP contribution >= 0.6 is 0 Å². The number of hydrogen-bond acceptors (Lipinski definition) is 3. The number of benzene rings is 2. The van der Waals surface area contributed by atoms with Crippen molar-refractivity contribution >= 4 is 10.8 Å². The number of nitrogens with zero attached hydrogens (tertiary/aromatic N) is 1. The molecule has 2 aromatic rings. The molecule has 0 atom stereocenters. The van der Waals surface area contributed by atoms with Crippen molar-refractivity contribution in [3.8, 4) is 5.75 Å². The molecule has 3 nitrogen and oxygen atoms in total. The van der Waals surface area contributed by atoms with E-state index in [0.717, 1.165) is 23.9 Å². The Morgan fingerprint density at radius 2 is 1.80 bits per heavy atom. The zero-order valence-electron chi connectivity index (χ0n) is 14.9. The van der Waals surface area contributed by atoms with Gasteiger partial charge in [-0.1, -0.05) is 43.0 Å². The van der Waals surface area contributed by atoms with Crippen molar-refractivity contribution in [2.75, 3.05) is 26.2 Å². The summed E-state index contributed by atoms with van der Waals surface area (Å²) in [6.07, 6.45) is 5.35. The second-order valence-corrected chi connectivity index (χ2v) is 7.44. The summed E-state index contributed by atoms with van der Waals surface area (Å²) >= 11 is 0. The Kier molecular flexibility index (Phi) is 5.04. The van der Waals surface area contributed by atoms with E-state index in [4.69, 9.17) is 4.74 Å². The van der Waals surface area contributed by atoms with Gasteiger partial charge in [-0.25, -0.2) is 0 Å². The predicted octanol–water partition coefficient (Wildman–Crippen LogP) is 3.99. The first-order chi connectivity index (χ1) is 12.3. The Labute approximate surface area is 150 Å². The Bertz CT molecular complexity index is 724. The van der Waals surface area contributed by atoms with Crippen LogP contribution in [0, 0.1) is 0 Å². The van der Waals surface area contributed by atoms with Gasteiger partial charge in [-0.2, -0.15) is 0 Å². The van der Waals surface area contributed by atoms with E-state index in [1.807, 2.05) is 12.1 Å². The fourth-order valence-electron chi connectivity index (χ4n) is 3.75. The van der Waals surface area contributed by atoms with Crippen LogP contribution < -0.4 is 10.1 Å². The molecule has 0 aromatic heterocycles. The topological polar surface area (TPSA) is 24.5 Å². The lowest BCUT2D eigenvalue weighted by Crippen LogP contribution is -2.43. The van der Waals surface area contributed by atoms with Gasteiger partial charge in [0.25, 0.3) is 0 Å². The third-order valence-electron chi connectivity index (χ3n) is 5.41. The third kappa shape index (κ3) is 4.23. The maximum atomic E-state index is 6.03. The van der Waals surface area contributed by atoms with Crippen LogP contribution in [0.5, 0.6) is 5.75 Å². The number of ether oxygens (including phenoxy) is 1. The number of nitrogens with one attached hydrogen (secondary N) is 1. The minimum atomic E-state index is 0.571. The smallest absolute Gasteiger partial charge is 0.127 e. The minimum Gasteiger partial charge on any atom is -0.489 e. The molecule has 132 valence electrons. The van der Waals surface area contributed by atoms with E-state index >= 15 is 0 Å². The van der Waals surface area contributed by atoms with E-state index in [9.17, 15) is 0 Å². The first-order valence-electron chi connectivity index (χ1n) is 9.54. The van der Waals surface area contributed by atoms with Crippen LogP contribution in [0.25, 0.3) is 10.8 Å². The molecule has 1 N–H and O–H groups in total. The molecule has 2 fully saturated rings. The van der Waals surface area contributed by atoms with Gasteiger partial charge in [-0.05, 0) is 55.8 Å². The summed E-state index contributed by atoms with van der Waals surface area (Å²) in [6.45, 7) is 8.11. The maximum absolute atomic E-state index is 6.03. The van der Waals surface area contributed by atoms with Gasteiger partial charge in [0.2, 0.25) is 0 Å². The van der Waals surface area contributed by atoms with Gasteiger partial charge in [-0.3, -0.25) is 0 Å². The van der Waals surface area contributed by atoms with Gasteiger partial charge in [-0.15, -0.1) is 0 Å². The molecule has 0 unspecified atom stereocenters. The number of likely N-dealkylation sites (tertiary alicyclic amines) is 1. The molecule has 1 aliphatic heterocycles. The maximum Gasteiger partial charge on any atom is 0.127 e. The normalized spacial score (nSPS) is 19.2. The highest BCUT2D eigenvalue weighted by atomic mass is 16.5. The van der Waals surface area contributed by atoms with Crippen LogP contribution in [0.3, 0.4) is 0 Å². The van der Waals surface area contributed by atoms with Gasteiger partial charge in [0, 0.05) is 24.0 Å². The zero-order chi connectivity index (χ0) is 17.1. The van der Waals surface area contributed by atoms with E-state index in [-0.39, 0.29) is 0 Å². The van der Waals surface area contributed by atoms with Crippen molar-refractivity contribution < 1.29 is 4.74 Å². The molecule has 2 aromatic carbocycles. The van der Waals surface area contributed by atoms with E-state index in [1.54, 1.807) is 0 Å². The van der Waals surface area contributed by atoms with Crippen LogP contribution in [-0.4, -0.2) is 43.2 Å². The van der Waals surface area contributed by atoms with Crippen LogP contribution in [-0.2, 0) is 0 Å². The van der Waals surface area contributed by atoms with Crippen molar-refractivity contribution in [1.82, 2.24) is 10.2 Å². The lowest BCUT2D eigenvalue weighted by Gasteiger charge is -2.32. The molecule has 3 heteroatoms. The Balaban J connectivity index is 1.22. The highest BCUT2D eigenvalue weighted by Crippen LogP contribution is 2.29. The molecule has 2 aliphatic rings. The molecule has 0 amide bonds. The molecular formula is C22H28N2O. The Morgan fingerprint density at radius 1 is 1.04 bits per heavy atom. The summed E-state index contributed by atoms with van der Waals surface area (Å²) in [7, 11) is 0. The van der Waals surface area contributed by atoms with Gasteiger partial charge < -0.3 is 15.0 Å². The van der Waals surface area contributed by atoms with Crippen molar-refractivity contribution in [3.05, 3.63) is 54.6 Å². The van der Waals surface area contributed by atoms with Gasteiger partial charge in [0.05, 0.1) is 0 Å². The summed E-state index contributed by atoms with van der Waals surface area (Å²) in [5.74, 6) is 0.942. The van der Waals surface area contributed by atoms with Crippen LogP contribution in [0.1, 0.15) is 25.7 Å². The van der Waals surface area contributed by atoms with Gasteiger partial charge in [0.15, 0.2) is 0 Å². The van der Waals surface area contributed by atoms with Gasteiger partial charge >= 0.3 is 0 Å². The zero-order valence-corrected chi connectivity index (χ0v) is 14.9. The first kappa shape index (κ1) is 16.6. The molecule has 0 spiro atoms. The predicted molar refractivity (Wildman–Crippen MR) is 104 cm³/mol. The Hall–Kier alpha value is -1.84. The highest BCUT2D eigenvalue weighted by Gasteiger charge is 2.31. The number of hydrogen-bond donors (Lipinski definition) is 1. The average Bonchev–Trinajstić information content (AvgIpc) is 3.50. The van der Waals surface area contributed by atoms with E-state index in [2.05, 4.69) is 47.1 Å². The molecule has 1 saturated carbocycles. The van der Waals surface area contributed by atoms with E-state index in [1.165, 1.54) is 49.5 Å². The third-order valence-corrected chi connectivity index (χ3v) is 5.41. The largest absolute Gasteiger partial charge is 0.489 e. The second kappa shape index (κ2) is 7.59. The molecule has 4 rings (SSSR count). The monoisotopic (exact) mass is 336 g/mol. The highest BCUT2D eigenvalue weighted by molar-refractivity contribution is 5.88. The summed E-state index contributed by atoms with van der Waals surface area (Å²) in [5.41, 5.74) is 1.11. The molecule has 0 radical (unpaired) electrons. The lowest BCUT2D eigenvalue weighted by atomic mass is 10.0. The summed E-state index contributed by atoms with van der Waals surface area (Å²) in [6, 6.07) is 16.1. The minimum absolute atomic E-state index is 0.571.